The van der Waals surface area contributed by atoms with Crippen LogP contribution in [0.5, 0.6) is 0 Å². The van der Waals surface area contributed by atoms with E-state index in [1.54, 1.807) is 12.1 Å². The van der Waals surface area contributed by atoms with E-state index in [4.69, 9.17) is 22.6 Å². The molecule has 144 valence electrons. The number of pyridine rings is 1. The number of anilines is 2. The smallest absolute Gasteiger partial charge is 0.337 e. The second kappa shape index (κ2) is 7.87. The summed E-state index contributed by atoms with van der Waals surface area (Å²) in [5.74, 6) is 5.64. The van der Waals surface area contributed by atoms with Gasteiger partial charge in [-0.3, -0.25) is 4.40 Å². The molecule has 5 nitrogen and oxygen atoms in total. The number of ether oxygens (including phenoxy) is 1. The van der Waals surface area contributed by atoms with Crippen LogP contribution in [0.15, 0.2) is 66.9 Å². The average Bonchev–Trinajstić information content (AvgIpc) is 3.16. The molecule has 0 saturated heterocycles. The fourth-order valence-electron chi connectivity index (χ4n) is 3.12. The Balaban J connectivity index is 1.82. The lowest BCUT2D eigenvalue weighted by atomic mass is 10.1. The zero-order valence-electron chi connectivity index (χ0n) is 16.2. The number of fused-ring (bicyclic) bond motifs is 1. The van der Waals surface area contributed by atoms with Crippen molar-refractivity contribution in [1.29, 1.82) is 0 Å². The van der Waals surface area contributed by atoms with Crippen LogP contribution in [0.2, 0.25) is 0 Å². The maximum absolute atomic E-state index is 11.7. The summed E-state index contributed by atoms with van der Waals surface area (Å²) in [6, 6.07) is 18.4. The van der Waals surface area contributed by atoms with Crippen LogP contribution >= 0.6 is 0 Å². The highest BCUT2D eigenvalue weighted by Gasteiger charge is 2.15. The second-order valence-corrected chi connectivity index (χ2v) is 6.51. The molecule has 4 aromatic rings. The molecule has 0 atom stereocenters. The Morgan fingerprint density at radius 1 is 0.967 bits per heavy atom. The lowest BCUT2D eigenvalue weighted by Crippen LogP contribution is -2.02. The largest absolute Gasteiger partial charge is 0.465 e. The normalized spacial score (nSPS) is 10.2. The Morgan fingerprint density at radius 2 is 1.63 bits per heavy atom. The summed E-state index contributed by atoms with van der Waals surface area (Å²) in [4.78, 5) is 16.5. The highest BCUT2D eigenvalue weighted by Crippen LogP contribution is 2.31. The van der Waals surface area contributed by atoms with Gasteiger partial charge < -0.3 is 10.1 Å². The van der Waals surface area contributed by atoms with Gasteiger partial charge in [0.05, 0.1) is 12.7 Å². The molecule has 0 amide bonds. The minimum absolute atomic E-state index is 0.385. The Morgan fingerprint density at radius 3 is 2.27 bits per heavy atom. The van der Waals surface area contributed by atoms with Crippen LogP contribution in [0.25, 0.3) is 16.9 Å². The number of terminal acetylenes is 2. The molecule has 0 radical (unpaired) electrons. The first-order valence-corrected chi connectivity index (χ1v) is 9.14. The van der Waals surface area contributed by atoms with Crippen LogP contribution in [0.4, 0.5) is 11.5 Å². The van der Waals surface area contributed by atoms with E-state index in [0.29, 0.717) is 5.56 Å². The number of esters is 1. The van der Waals surface area contributed by atoms with Crippen LogP contribution in [0, 0.1) is 24.7 Å². The molecule has 0 spiro atoms. The second-order valence-electron chi connectivity index (χ2n) is 6.51. The third-order valence-electron chi connectivity index (χ3n) is 4.68. The standard InChI is InChI=1S/C25H17N3O2/c1-4-17-6-9-19(10-7-17)23-24(28-16-18(5-2)8-15-22(28)27-23)26-21-13-11-20(12-14-21)25(29)30-3/h1-2,6-16,26H,3H3. The molecule has 0 saturated carbocycles. The molecular weight excluding hydrogens is 374 g/mol. The summed E-state index contributed by atoms with van der Waals surface area (Å²) in [5.41, 5.74) is 5.21. The lowest BCUT2D eigenvalue weighted by molar-refractivity contribution is 0.0601. The topological polar surface area (TPSA) is 55.6 Å². The number of nitrogens with one attached hydrogen (secondary N) is 1. The SMILES string of the molecule is C#Cc1ccc(-c2nc3ccc(C#C)cn3c2Nc2ccc(C(=O)OC)cc2)cc1. The Labute approximate surface area is 174 Å². The van der Waals surface area contributed by atoms with Crippen LogP contribution in [-0.2, 0) is 4.74 Å². The van der Waals surface area contributed by atoms with Gasteiger partial charge in [-0.1, -0.05) is 24.0 Å². The number of methoxy groups -OCH3 is 1. The number of imidazole rings is 1. The zero-order valence-corrected chi connectivity index (χ0v) is 16.2. The van der Waals surface area contributed by atoms with Crippen molar-refractivity contribution in [2.75, 3.05) is 12.4 Å². The molecule has 0 aliphatic heterocycles. The summed E-state index contributed by atoms with van der Waals surface area (Å²) in [7, 11) is 1.35. The third-order valence-corrected chi connectivity index (χ3v) is 4.68. The van der Waals surface area contributed by atoms with Crippen LogP contribution in [0.1, 0.15) is 21.5 Å². The third kappa shape index (κ3) is 3.48. The Bertz CT molecular complexity index is 1320. The van der Waals surface area contributed by atoms with E-state index in [1.807, 2.05) is 59.1 Å². The van der Waals surface area contributed by atoms with E-state index in [2.05, 4.69) is 17.2 Å². The van der Waals surface area contributed by atoms with Gasteiger partial charge in [-0.05, 0) is 48.5 Å². The number of benzene rings is 2. The predicted octanol–water partition coefficient (Wildman–Crippen LogP) is 4.49. The van der Waals surface area contributed by atoms with Gasteiger partial charge in [0.2, 0.25) is 0 Å². The fourth-order valence-corrected chi connectivity index (χ4v) is 3.12. The number of carbonyl (C=O) groups is 1. The number of nitrogens with zero attached hydrogens (tertiary/aromatic N) is 2. The minimum Gasteiger partial charge on any atom is -0.465 e. The van der Waals surface area contributed by atoms with Crippen LogP contribution < -0.4 is 5.32 Å². The first-order chi connectivity index (χ1) is 14.6. The molecule has 0 unspecified atom stereocenters. The van der Waals surface area contributed by atoms with Crippen molar-refractivity contribution in [1.82, 2.24) is 9.38 Å². The van der Waals surface area contributed by atoms with Gasteiger partial charge in [0.25, 0.3) is 0 Å². The van der Waals surface area contributed by atoms with Crippen molar-refractivity contribution in [2.24, 2.45) is 0 Å². The average molecular weight is 391 g/mol. The number of hydrogen-bond acceptors (Lipinski definition) is 4. The first-order valence-electron chi connectivity index (χ1n) is 9.14. The maximum atomic E-state index is 11.7. The number of hydrogen-bond donors (Lipinski definition) is 1. The van der Waals surface area contributed by atoms with Gasteiger partial charge in [0.1, 0.15) is 17.2 Å². The summed E-state index contributed by atoms with van der Waals surface area (Å²) in [6.45, 7) is 0. The zero-order chi connectivity index (χ0) is 21.1. The van der Waals surface area contributed by atoms with E-state index in [-0.39, 0.29) is 5.97 Å². The summed E-state index contributed by atoms with van der Waals surface area (Å²) in [6.07, 6.45) is 12.9. The van der Waals surface area contributed by atoms with E-state index >= 15 is 0 Å². The summed E-state index contributed by atoms with van der Waals surface area (Å²) < 4.78 is 6.67. The molecule has 2 heterocycles. The highest BCUT2D eigenvalue weighted by atomic mass is 16.5. The van der Waals surface area contributed by atoms with E-state index in [1.165, 1.54) is 7.11 Å². The highest BCUT2D eigenvalue weighted by molar-refractivity contribution is 5.90. The number of carbonyl (C=O) groups excluding carboxylic acids is 1. The van der Waals surface area contributed by atoms with E-state index in [9.17, 15) is 4.79 Å². The summed E-state index contributed by atoms with van der Waals surface area (Å²) in [5, 5.41) is 3.40. The van der Waals surface area contributed by atoms with Gasteiger partial charge in [-0.2, -0.15) is 0 Å². The van der Waals surface area contributed by atoms with Crippen molar-refractivity contribution < 1.29 is 9.53 Å². The molecule has 0 aliphatic carbocycles. The minimum atomic E-state index is -0.385. The monoisotopic (exact) mass is 391 g/mol. The molecule has 2 aromatic carbocycles. The predicted molar refractivity (Wildman–Crippen MR) is 118 cm³/mol. The van der Waals surface area contributed by atoms with Gasteiger partial charge in [-0.25, -0.2) is 9.78 Å². The quantitative estimate of drug-likeness (QED) is 0.411. The first kappa shape index (κ1) is 18.9. The molecule has 0 fully saturated rings. The van der Waals surface area contributed by atoms with Gasteiger partial charge >= 0.3 is 5.97 Å². The molecular formula is C25H17N3O2. The van der Waals surface area contributed by atoms with Gasteiger partial charge in [-0.15, -0.1) is 12.8 Å². The molecule has 5 heteroatoms. The molecule has 0 aliphatic rings. The molecule has 0 bridgehead atoms. The van der Waals surface area contributed by atoms with Crippen molar-refractivity contribution in [3.63, 3.8) is 0 Å². The fraction of sp³-hybridized carbons (Fsp3) is 0.0400. The number of aromatic nitrogens is 2. The van der Waals surface area contributed by atoms with Crippen molar-refractivity contribution in [3.8, 4) is 35.9 Å². The van der Waals surface area contributed by atoms with Gasteiger partial charge in [0.15, 0.2) is 0 Å². The Kier molecular flexibility index (Phi) is 4.95. The van der Waals surface area contributed by atoms with E-state index in [0.717, 1.165) is 39.5 Å². The van der Waals surface area contributed by atoms with Crippen LogP contribution in [-0.4, -0.2) is 22.5 Å². The van der Waals surface area contributed by atoms with Crippen molar-refractivity contribution >= 4 is 23.1 Å². The van der Waals surface area contributed by atoms with Crippen LogP contribution in [0.3, 0.4) is 0 Å². The summed E-state index contributed by atoms with van der Waals surface area (Å²) >= 11 is 0. The Hall–Kier alpha value is -4.48. The lowest BCUT2D eigenvalue weighted by Gasteiger charge is -2.10. The molecule has 1 N–H and O–H groups in total. The van der Waals surface area contributed by atoms with E-state index < -0.39 is 0 Å². The molecule has 2 aromatic heterocycles. The van der Waals surface area contributed by atoms with Crippen molar-refractivity contribution in [2.45, 2.75) is 0 Å². The van der Waals surface area contributed by atoms with Gasteiger partial charge in [0, 0.05) is 28.6 Å². The number of rotatable bonds is 4. The van der Waals surface area contributed by atoms with Crippen molar-refractivity contribution in [3.05, 3.63) is 83.6 Å². The molecule has 30 heavy (non-hydrogen) atoms. The maximum Gasteiger partial charge on any atom is 0.337 e. The molecule has 4 rings (SSSR count).